The van der Waals surface area contributed by atoms with E-state index in [1.165, 1.54) is 0 Å². The number of furan rings is 1. The zero-order valence-electron chi connectivity index (χ0n) is 15.4. The second kappa shape index (κ2) is 7.23. The molecule has 1 fully saturated rings. The van der Waals surface area contributed by atoms with Crippen LogP contribution >= 0.6 is 0 Å². The Morgan fingerprint density at radius 3 is 2.52 bits per heavy atom. The lowest BCUT2D eigenvalue weighted by Crippen LogP contribution is -2.49. The number of rotatable bonds is 4. The highest BCUT2D eigenvalue weighted by atomic mass is 16.5. The summed E-state index contributed by atoms with van der Waals surface area (Å²) in [5.41, 5.74) is 0.273. The van der Waals surface area contributed by atoms with Crippen molar-refractivity contribution >= 4 is 11.7 Å². The van der Waals surface area contributed by atoms with E-state index < -0.39 is 0 Å². The first-order chi connectivity index (χ1) is 14.3. The quantitative estimate of drug-likeness (QED) is 0.519. The number of amides is 1. The minimum absolute atomic E-state index is 0.159. The van der Waals surface area contributed by atoms with Gasteiger partial charge in [-0.25, -0.2) is 4.98 Å². The molecule has 0 aliphatic carbocycles. The summed E-state index contributed by atoms with van der Waals surface area (Å²) in [4.78, 5) is 20.6. The zero-order valence-corrected chi connectivity index (χ0v) is 15.4. The Balaban J connectivity index is 1.22. The Labute approximate surface area is 165 Å². The minimum atomic E-state index is -0.159. The van der Waals surface area contributed by atoms with E-state index in [2.05, 4.69) is 25.2 Å². The number of carbonyl (C=O) groups is 1. The van der Waals surface area contributed by atoms with Crippen LogP contribution in [-0.2, 0) is 0 Å². The third-order valence-corrected chi connectivity index (χ3v) is 4.79. The van der Waals surface area contributed by atoms with Gasteiger partial charge in [0.2, 0.25) is 5.76 Å². The van der Waals surface area contributed by atoms with E-state index in [0.29, 0.717) is 43.5 Å². The number of aromatic nitrogens is 5. The Hall–Kier alpha value is -3.95. The van der Waals surface area contributed by atoms with Crippen LogP contribution < -0.4 is 4.90 Å². The first kappa shape index (κ1) is 17.2. The molecule has 1 aliphatic heterocycles. The summed E-state index contributed by atoms with van der Waals surface area (Å²) in [5, 5.41) is 12.4. The van der Waals surface area contributed by atoms with Gasteiger partial charge in [0.15, 0.2) is 23.1 Å². The van der Waals surface area contributed by atoms with Gasteiger partial charge in [-0.05, 0) is 24.3 Å². The highest BCUT2D eigenvalue weighted by Crippen LogP contribution is 2.22. The molecule has 1 aliphatic rings. The number of anilines is 1. The lowest BCUT2D eigenvalue weighted by Gasteiger charge is -2.34. The van der Waals surface area contributed by atoms with Crippen LogP contribution in [0.3, 0.4) is 0 Å². The monoisotopic (exact) mass is 391 g/mol. The normalized spacial score (nSPS) is 14.3. The molecule has 0 N–H and O–H groups in total. The number of nitrogens with zero attached hydrogens (tertiary/aromatic N) is 7. The molecule has 0 bridgehead atoms. The van der Waals surface area contributed by atoms with Crippen molar-refractivity contribution in [2.75, 3.05) is 31.1 Å². The van der Waals surface area contributed by atoms with Crippen molar-refractivity contribution in [2.24, 2.45) is 0 Å². The second-order valence-electron chi connectivity index (χ2n) is 6.55. The van der Waals surface area contributed by atoms with Crippen LogP contribution in [0, 0.1) is 0 Å². The van der Waals surface area contributed by atoms with Gasteiger partial charge in [0.1, 0.15) is 6.33 Å². The fraction of sp³-hybridized carbons (Fsp3) is 0.211. The highest BCUT2D eigenvalue weighted by Gasteiger charge is 2.26. The number of imidazole rings is 1. The number of hydrogen-bond acceptors (Lipinski definition) is 8. The van der Waals surface area contributed by atoms with Crippen LogP contribution in [0.1, 0.15) is 10.5 Å². The van der Waals surface area contributed by atoms with Gasteiger partial charge in [-0.1, -0.05) is 5.16 Å². The molecule has 0 unspecified atom stereocenters. The van der Waals surface area contributed by atoms with Crippen molar-refractivity contribution in [3.63, 3.8) is 0 Å². The van der Waals surface area contributed by atoms with Crippen LogP contribution in [-0.4, -0.2) is 61.9 Å². The van der Waals surface area contributed by atoms with Crippen LogP contribution in [0.5, 0.6) is 0 Å². The van der Waals surface area contributed by atoms with Crippen molar-refractivity contribution < 1.29 is 13.7 Å². The van der Waals surface area contributed by atoms with E-state index in [-0.39, 0.29) is 11.6 Å². The third kappa shape index (κ3) is 3.35. The summed E-state index contributed by atoms with van der Waals surface area (Å²) in [5.74, 6) is 2.30. The fourth-order valence-corrected chi connectivity index (χ4v) is 3.23. The van der Waals surface area contributed by atoms with Crippen molar-refractivity contribution in [3.05, 3.63) is 61.0 Å². The minimum Gasteiger partial charge on any atom is -0.461 e. The van der Waals surface area contributed by atoms with E-state index in [9.17, 15) is 4.79 Å². The third-order valence-electron chi connectivity index (χ3n) is 4.79. The number of hydrogen-bond donors (Lipinski definition) is 0. The molecule has 4 aromatic heterocycles. The van der Waals surface area contributed by atoms with Gasteiger partial charge in [-0.3, -0.25) is 9.36 Å². The zero-order chi connectivity index (χ0) is 19.6. The Bertz CT molecular complexity index is 1080. The molecule has 0 aromatic carbocycles. The van der Waals surface area contributed by atoms with Gasteiger partial charge in [0, 0.05) is 44.6 Å². The highest BCUT2D eigenvalue weighted by molar-refractivity contribution is 5.93. The van der Waals surface area contributed by atoms with Crippen molar-refractivity contribution in [2.45, 2.75) is 0 Å². The summed E-state index contributed by atoms with van der Waals surface area (Å²) >= 11 is 0. The molecule has 10 nitrogen and oxygen atoms in total. The maximum atomic E-state index is 12.7. The molecule has 0 atom stereocenters. The number of carbonyl (C=O) groups excluding carboxylic acids is 1. The lowest BCUT2D eigenvalue weighted by molar-refractivity contribution is 0.0736. The Morgan fingerprint density at radius 1 is 1.00 bits per heavy atom. The van der Waals surface area contributed by atoms with Crippen LogP contribution in [0.2, 0.25) is 0 Å². The van der Waals surface area contributed by atoms with Crippen molar-refractivity contribution in [1.82, 2.24) is 29.8 Å². The lowest BCUT2D eigenvalue weighted by atomic mass is 10.2. The molecule has 4 aromatic rings. The average Bonchev–Trinajstić information content (AvgIpc) is 3.55. The summed E-state index contributed by atoms with van der Waals surface area (Å²) < 4.78 is 12.3. The molecule has 1 amide bonds. The first-order valence-corrected chi connectivity index (χ1v) is 9.15. The molecule has 10 heteroatoms. The molecule has 0 spiro atoms. The van der Waals surface area contributed by atoms with Crippen LogP contribution in [0.4, 0.5) is 5.82 Å². The van der Waals surface area contributed by atoms with Crippen molar-refractivity contribution in [3.8, 4) is 17.3 Å². The second-order valence-corrected chi connectivity index (χ2v) is 6.55. The maximum absolute atomic E-state index is 12.7. The summed E-state index contributed by atoms with van der Waals surface area (Å²) in [6.45, 7) is 2.45. The summed E-state index contributed by atoms with van der Waals surface area (Å²) in [7, 11) is 0. The van der Waals surface area contributed by atoms with E-state index in [4.69, 9.17) is 8.94 Å². The van der Waals surface area contributed by atoms with E-state index >= 15 is 0 Å². The largest absolute Gasteiger partial charge is 0.461 e. The predicted octanol–water partition coefficient (Wildman–Crippen LogP) is 1.87. The Kier molecular flexibility index (Phi) is 4.28. The van der Waals surface area contributed by atoms with Gasteiger partial charge in [0.05, 0.1) is 6.26 Å². The van der Waals surface area contributed by atoms with Gasteiger partial charge in [-0.2, -0.15) is 0 Å². The van der Waals surface area contributed by atoms with E-state index in [1.807, 2.05) is 18.3 Å². The first-order valence-electron chi connectivity index (χ1n) is 9.15. The topological polar surface area (TPSA) is 106 Å². The molecule has 29 heavy (non-hydrogen) atoms. The predicted molar refractivity (Wildman–Crippen MR) is 101 cm³/mol. The Morgan fingerprint density at radius 2 is 1.83 bits per heavy atom. The smallest absolute Gasteiger partial charge is 0.276 e. The molecule has 1 saturated heterocycles. The van der Waals surface area contributed by atoms with Gasteiger partial charge < -0.3 is 18.7 Å². The van der Waals surface area contributed by atoms with Crippen LogP contribution in [0.15, 0.2) is 64.3 Å². The summed E-state index contributed by atoms with van der Waals surface area (Å²) in [6.07, 6.45) is 6.73. The average molecular weight is 391 g/mol. The molecule has 5 rings (SSSR count). The standard InChI is InChI=1S/C19H17N7O3/c27-19(14-12-16(29-23-14)15-2-1-11-28-15)25-9-7-24(8-10-25)17-3-4-18(22-21-17)26-6-5-20-13-26/h1-6,11-13H,7-10H2. The molecular formula is C19H17N7O3. The van der Waals surface area contributed by atoms with E-state index in [0.717, 1.165) is 5.82 Å². The van der Waals surface area contributed by atoms with Gasteiger partial charge in [0.25, 0.3) is 5.91 Å². The van der Waals surface area contributed by atoms with Crippen molar-refractivity contribution in [1.29, 1.82) is 0 Å². The molecule has 0 saturated carbocycles. The van der Waals surface area contributed by atoms with E-state index in [1.54, 1.807) is 46.5 Å². The van der Waals surface area contributed by atoms with Crippen LogP contribution in [0.25, 0.3) is 17.3 Å². The SMILES string of the molecule is O=C(c1cc(-c2ccco2)on1)N1CCN(c2ccc(-n3ccnc3)nn2)CC1. The fourth-order valence-electron chi connectivity index (χ4n) is 3.23. The summed E-state index contributed by atoms with van der Waals surface area (Å²) in [6, 6.07) is 8.93. The molecule has 146 valence electrons. The number of piperazine rings is 1. The molecule has 0 radical (unpaired) electrons. The molecule has 5 heterocycles. The maximum Gasteiger partial charge on any atom is 0.276 e. The molecular weight excluding hydrogens is 374 g/mol. The van der Waals surface area contributed by atoms with Gasteiger partial charge >= 0.3 is 0 Å². The van der Waals surface area contributed by atoms with Gasteiger partial charge in [-0.15, -0.1) is 10.2 Å².